The van der Waals surface area contributed by atoms with Gasteiger partial charge in [0.05, 0.1) is 21.4 Å². The maximum atomic E-state index is 11.4. The monoisotopic (exact) mass is 369 g/mol. The molecule has 0 unspecified atom stereocenters. The van der Waals surface area contributed by atoms with Crippen LogP contribution in [0.4, 0.5) is 0 Å². The summed E-state index contributed by atoms with van der Waals surface area (Å²) >= 11 is 4.93. The van der Waals surface area contributed by atoms with Gasteiger partial charge in [-0.3, -0.25) is 4.68 Å². The molecule has 0 bridgehead atoms. The molecule has 0 saturated carbocycles. The number of aromatic carboxylic acids is 1. The molecule has 2 aromatic heterocycles. The molecular weight excluding hydrogens is 354 g/mol. The number of halogens is 1. The number of aryl methyl sites for hydroxylation is 4. The summed E-state index contributed by atoms with van der Waals surface area (Å²) in [4.78, 5) is 15.8. The highest BCUT2D eigenvalue weighted by molar-refractivity contribution is 9.10. The van der Waals surface area contributed by atoms with E-state index in [1.54, 1.807) is 17.7 Å². The van der Waals surface area contributed by atoms with Crippen LogP contribution in [0.3, 0.4) is 0 Å². The fourth-order valence-corrected chi connectivity index (χ4v) is 4.01. The smallest absolute Gasteiger partial charge is 0.338 e. The second-order valence-corrected chi connectivity index (χ2v) is 6.58. The van der Waals surface area contributed by atoms with E-state index in [0.29, 0.717) is 10.8 Å². The van der Waals surface area contributed by atoms with Crippen molar-refractivity contribution >= 4 is 33.7 Å². The Morgan fingerprint density at radius 3 is 2.62 bits per heavy atom. The van der Waals surface area contributed by atoms with Crippen LogP contribution < -0.4 is 0 Å². The van der Waals surface area contributed by atoms with Crippen LogP contribution in [-0.2, 0) is 12.8 Å². The molecule has 2 heterocycles. The van der Waals surface area contributed by atoms with E-state index in [9.17, 15) is 9.90 Å². The van der Waals surface area contributed by atoms with Gasteiger partial charge in [-0.05, 0) is 48.3 Å². The zero-order valence-electron chi connectivity index (χ0n) is 12.3. The van der Waals surface area contributed by atoms with Crippen molar-refractivity contribution in [2.24, 2.45) is 7.05 Å². The highest BCUT2D eigenvalue weighted by atomic mass is 79.9. The zero-order chi connectivity index (χ0) is 15.7. The van der Waals surface area contributed by atoms with Crippen molar-refractivity contribution in [3.8, 4) is 0 Å². The van der Waals surface area contributed by atoms with Gasteiger partial charge in [-0.1, -0.05) is 11.8 Å². The van der Waals surface area contributed by atoms with Gasteiger partial charge in [0.25, 0.3) is 0 Å². The first-order valence-corrected chi connectivity index (χ1v) is 8.11. The molecule has 2 aromatic rings. The number of carboxylic acids is 1. The van der Waals surface area contributed by atoms with Gasteiger partial charge in [0.2, 0.25) is 0 Å². The Kier molecular flexibility index (Phi) is 4.73. The third-order valence-electron chi connectivity index (χ3n) is 3.13. The van der Waals surface area contributed by atoms with Gasteiger partial charge >= 0.3 is 5.97 Å². The molecule has 0 atom stereocenters. The highest BCUT2D eigenvalue weighted by Crippen LogP contribution is 2.30. The van der Waals surface area contributed by atoms with E-state index in [2.05, 4.69) is 26.0 Å². The van der Waals surface area contributed by atoms with Gasteiger partial charge in [-0.2, -0.15) is 5.10 Å². The number of pyridine rings is 1. The largest absolute Gasteiger partial charge is 0.478 e. The molecule has 5 nitrogen and oxygen atoms in total. The molecule has 0 amide bonds. The first-order chi connectivity index (χ1) is 9.81. The second-order valence-electron chi connectivity index (χ2n) is 4.82. The SMILES string of the molecule is Cc1cc(C)c(C(=O)O)c(SCc2c(Br)c(C)nn2C)n1. The lowest BCUT2D eigenvalue weighted by molar-refractivity contribution is 0.0691. The summed E-state index contributed by atoms with van der Waals surface area (Å²) in [6.45, 7) is 5.59. The topological polar surface area (TPSA) is 68.0 Å². The standard InChI is InChI=1S/C14H16BrN3O2S/c1-7-5-8(2)16-13(11(7)14(19)20)21-6-10-12(15)9(3)17-18(10)4/h5H,6H2,1-4H3,(H,19,20). The summed E-state index contributed by atoms with van der Waals surface area (Å²) in [5.74, 6) is -0.337. The van der Waals surface area contributed by atoms with Crippen LogP contribution in [0.2, 0.25) is 0 Å². The molecule has 2 rings (SSSR count). The average Bonchev–Trinajstić information content (AvgIpc) is 2.59. The molecule has 0 aliphatic rings. The Hall–Kier alpha value is -1.34. The summed E-state index contributed by atoms with van der Waals surface area (Å²) < 4.78 is 2.76. The predicted octanol–water partition coefficient (Wildman–Crippen LogP) is 3.49. The number of nitrogens with zero attached hydrogens (tertiary/aromatic N) is 3. The molecule has 7 heteroatoms. The first-order valence-electron chi connectivity index (χ1n) is 6.33. The lowest BCUT2D eigenvalue weighted by Gasteiger charge is -2.09. The van der Waals surface area contributed by atoms with E-state index in [-0.39, 0.29) is 5.56 Å². The molecule has 1 N–H and O–H groups in total. The number of thioether (sulfide) groups is 1. The minimum atomic E-state index is -0.942. The highest BCUT2D eigenvalue weighted by Gasteiger charge is 2.18. The van der Waals surface area contributed by atoms with E-state index < -0.39 is 5.97 Å². The van der Waals surface area contributed by atoms with Crippen molar-refractivity contribution in [2.45, 2.75) is 31.6 Å². The summed E-state index contributed by atoms with van der Waals surface area (Å²) in [5.41, 5.74) is 3.76. The Balaban J connectivity index is 2.34. The number of aromatic nitrogens is 3. The third kappa shape index (κ3) is 3.29. The van der Waals surface area contributed by atoms with Crippen LogP contribution >= 0.6 is 27.7 Å². The lowest BCUT2D eigenvalue weighted by Crippen LogP contribution is -2.06. The fraction of sp³-hybridized carbons (Fsp3) is 0.357. The predicted molar refractivity (Wildman–Crippen MR) is 85.9 cm³/mol. The Morgan fingerprint density at radius 2 is 2.10 bits per heavy atom. The van der Waals surface area contributed by atoms with Crippen molar-refractivity contribution in [2.75, 3.05) is 0 Å². The van der Waals surface area contributed by atoms with Crippen LogP contribution in [0.15, 0.2) is 15.6 Å². The minimum Gasteiger partial charge on any atom is -0.478 e. The van der Waals surface area contributed by atoms with E-state index in [0.717, 1.165) is 27.1 Å². The molecule has 112 valence electrons. The Morgan fingerprint density at radius 1 is 1.43 bits per heavy atom. The van der Waals surface area contributed by atoms with Gasteiger partial charge in [0.15, 0.2) is 0 Å². The van der Waals surface area contributed by atoms with Crippen LogP contribution in [0.1, 0.15) is 33.0 Å². The molecule has 0 aromatic carbocycles. The minimum absolute atomic E-state index is 0.278. The normalized spacial score (nSPS) is 10.9. The second kappa shape index (κ2) is 6.19. The van der Waals surface area contributed by atoms with Gasteiger partial charge in [-0.15, -0.1) is 0 Å². The number of carbonyl (C=O) groups is 1. The summed E-state index contributed by atoms with van der Waals surface area (Å²) in [6.07, 6.45) is 0. The van der Waals surface area contributed by atoms with Gasteiger partial charge in [-0.25, -0.2) is 9.78 Å². The molecule has 0 aliphatic heterocycles. The first kappa shape index (κ1) is 16.0. The maximum absolute atomic E-state index is 11.4. The molecule has 21 heavy (non-hydrogen) atoms. The Labute approximate surface area is 135 Å². The van der Waals surface area contributed by atoms with Gasteiger partial charge in [0, 0.05) is 18.5 Å². The summed E-state index contributed by atoms with van der Waals surface area (Å²) in [7, 11) is 1.88. The average molecular weight is 370 g/mol. The van der Waals surface area contributed by atoms with E-state index in [1.807, 2.05) is 20.9 Å². The van der Waals surface area contributed by atoms with E-state index in [1.165, 1.54) is 11.8 Å². The Bertz CT molecular complexity index is 713. The zero-order valence-corrected chi connectivity index (χ0v) is 14.7. The van der Waals surface area contributed by atoms with Crippen molar-refractivity contribution in [1.82, 2.24) is 14.8 Å². The quantitative estimate of drug-likeness (QED) is 0.835. The summed E-state index contributed by atoms with van der Waals surface area (Å²) in [5, 5.41) is 14.2. The van der Waals surface area contributed by atoms with E-state index >= 15 is 0 Å². The maximum Gasteiger partial charge on any atom is 0.338 e. The molecular formula is C14H16BrN3O2S. The van der Waals surface area contributed by atoms with Gasteiger partial charge < -0.3 is 5.11 Å². The lowest BCUT2D eigenvalue weighted by atomic mass is 10.1. The molecule has 0 aliphatic carbocycles. The van der Waals surface area contributed by atoms with E-state index in [4.69, 9.17) is 0 Å². The van der Waals surface area contributed by atoms with Crippen molar-refractivity contribution in [3.63, 3.8) is 0 Å². The van der Waals surface area contributed by atoms with Gasteiger partial charge in [0.1, 0.15) is 5.03 Å². The third-order valence-corrected chi connectivity index (χ3v) is 5.15. The number of hydrogen-bond acceptors (Lipinski definition) is 4. The van der Waals surface area contributed by atoms with Crippen molar-refractivity contribution < 1.29 is 9.90 Å². The molecule has 0 spiro atoms. The molecule has 0 radical (unpaired) electrons. The van der Waals surface area contributed by atoms with Crippen LogP contribution in [-0.4, -0.2) is 25.8 Å². The van der Waals surface area contributed by atoms with Crippen molar-refractivity contribution in [3.05, 3.63) is 38.7 Å². The molecule has 0 fully saturated rings. The molecule has 0 saturated heterocycles. The fourth-order valence-electron chi connectivity index (χ4n) is 2.14. The number of carboxylic acid groups (broad SMARTS) is 1. The van der Waals surface area contributed by atoms with Crippen molar-refractivity contribution in [1.29, 1.82) is 0 Å². The number of rotatable bonds is 4. The van der Waals surface area contributed by atoms with Crippen LogP contribution in [0.5, 0.6) is 0 Å². The summed E-state index contributed by atoms with van der Waals surface area (Å²) in [6, 6.07) is 1.79. The number of hydrogen-bond donors (Lipinski definition) is 1. The van der Waals surface area contributed by atoms with Crippen LogP contribution in [0.25, 0.3) is 0 Å². The van der Waals surface area contributed by atoms with Crippen LogP contribution in [0, 0.1) is 20.8 Å².